The van der Waals surface area contributed by atoms with Crippen molar-refractivity contribution in [2.45, 2.75) is 65.5 Å². The number of carbonyl (C=O) groups excluding carboxylic acids is 1. The quantitative estimate of drug-likeness (QED) is 0.590. The zero-order valence-corrected chi connectivity index (χ0v) is 12.6. The highest BCUT2D eigenvalue weighted by atomic mass is 16.5. The normalized spacial score (nSPS) is 13.4. The fourth-order valence-corrected chi connectivity index (χ4v) is 1.36. The van der Waals surface area contributed by atoms with Crippen molar-refractivity contribution in [3.63, 3.8) is 0 Å². The van der Waals surface area contributed by atoms with Gasteiger partial charge in [-0.25, -0.2) is 0 Å². The van der Waals surface area contributed by atoms with Crippen LogP contribution in [0.1, 0.15) is 53.9 Å². The largest absolute Gasteiger partial charge is 0.381 e. The molecule has 0 rings (SSSR count). The molecule has 0 aliphatic heterocycles. The Morgan fingerprint density at radius 2 is 1.94 bits per heavy atom. The van der Waals surface area contributed by atoms with Crippen LogP contribution < -0.4 is 10.6 Å². The number of amides is 1. The molecule has 1 unspecified atom stereocenters. The highest BCUT2D eigenvalue weighted by Crippen LogP contribution is 2.06. The third kappa shape index (κ3) is 8.48. The van der Waals surface area contributed by atoms with Crippen LogP contribution in [0.5, 0.6) is 0 Å². The molecule has 0 spiro atoms. The van der Waals surface area contributed by atoms with Gasteiger partial charge in [-0.1, -0.05) is 13.8 Å². The molecule has 4 heteroatoms. The summed E-state index contributed by atoms with van der Waals surface area (Å²) in [7, 11) is 0. The number of nitrogens with one attached hydrogen (secondary N) is 2. The minimum absolute atomic E-state index is 0.0660. The molecule has 0 aliphatic carbocycles. The lowest BCUT2D eigenvalue weighted by atomic mass is 10.0. The third-order valence-corrected chi connectivity index (χ3v) is 3.00. The first kappa shape index (κ1) is 17.4. The number of ether oxygens (including phenoxy) is 1. The number of rotatable bonds is 10. The van der Waals surface area contributed by atoms with Crippen LogP contribution in [0.4, 0.5) is 0 Å². The van der Waals surface area contributed by atoms with Crippen LogP contribution in [-0.4, -0.2) is 37.2 Å². The molecule has 18 heavy (non-hydrogen) atoms. The fourth-order valence-electron chi connectivity index (χ4n) is 1.36. The second-order valence-electron chi connectivity index (χ2n) is 5.37. The lowest BCUT2D eigenvalue weighted by Crippen LogP contribution is -2.50. The van der Waals surface area contributed by atoms with Gasteiger partial charge in [0.1, 0.15) is 0 Å². The molecule has 2 N–H and O–H groups in total. The van der Waals surface area contributed by atoms with Crippen LogP contribution in [0.2, 0.25) is 0 Å². The lowest BCUT2D eigenvalue weighted by molar-refractivity contribution is -0.124. The zero-order chi connectivity index (χ0) is 14.0. The van der Waals surface area contributed by atoms with E-state index in [1.54, 1.807) is 0 Å². The van der Waals surface area contributed by atoms with Gasteiger partial charge in [0.05, 0.1) is 6.04 Å². The van der Waals surface area contributed by atoms with Crippen LogP contribution in [0.25, 0.3) is 0 Å². The molecule has 0 radical (unpaired) electrons. The number of carbonyl (C=O) groups is 1. The number of hydrogen-bond donors (Lipinski definition) is 2. The summed E-state index contributed by atoms with van der Waals surface area (Å²) in [6.45, 7) is 12.5. The van der Waals surface area contributed by atoms with Gasteiger partial charge in [-0.15, -0.1) is 0 Å². The van der Waals surface area contributed by atoms with Crippen LogP contribution in [0.3, 0.4) is 0 Å². The fraction of sp³-hybridized carbons (Fsp3) is 0.929. The van der Waals surface area contributed by atoms with Gasteiger partial charge in [0.25, 0.3) is 0 Å². The molecule has 0 bridgehead atoms. The molecule has 1 amide bonds. The summed E-state index contributed by atoms with van der Waals surface area (Å²) in [5.74, 6) is 0.0660. The third-order valence-electron chi connectivity index (χ3n) is 3.00. The highest BCUT2D eigenvalue weighted by Gasteiger charge is 2.21. The summed E-state index contributed by atoms with van der Waals surface area (Å²) in [6.07, 6.45) is 2.92. The van der Waals surface area contributed by atoms with Gasteiger partial charge in [0.15, 0.2) is 0 Å². The first-order valence-corrected chi connectivity index (χ1v) is 7.06. The van der Waals surface area contributed by atoms with Crippen molar-refractivity contribution >= 4 is 5.91 Å². The molecular formula is C14H30N2O2. The van der Waals surface area contributed by atoms with Gasteiger partial charge in [-0.05, 0) is 46.6 Å². The summed E-state index contributed by atoms with van der Waals surface area (Å²) in [6, 6.07) is -0.151. The second kappa shape index (κ2) is 9.34. The summed E-state index contributed by atoms with van der Waals surface area (Å²) < 4.78 is 5.38. The summed E-state index contributed by atoms with van der Waals surface area (Å²) >= 11 is 0. The van der Waals surface area contributed by atoms with Crippen LogP contribution in [0.15, 0.2) is 0 Å². The van der Waals surface area contributed by atoms with E-state index < -0.39 is 0 Å². The van der Waals surface area contributed by atoms with E-state index in [4.69, 9.17) is 4.74 Å². The number of hydrogen-bond acceptors (Lipinski definition) is 3. The van der Waals surface area contributed by atoms with Crippen molar-refractivity contribution < 1.29 is 9.53 Å². The smallest absolute Gasteiger partial charge is 0.237 e. The Kier molecular flexibility index (Phi) is 9.02. The SMILES string of the molecule is CCCOCCCNC(C)C(=O)NC(C)(C)CC. The van der Waals surface area contributed by atoms with E-state index in [0.29, 0.717) is 0 Å². The van der Waals surface area contributed by atoms with E-state index in [1.165, 1.54) is 0 Å². The Labute approximate surface area is 112 Å². The maximum atomic E-state index is 11.9. The van der Waals surface area contributed by atoms with E-state index in [2.05, 4.69) is 24.5 Å². The van der Waals surface area contributed by atoms with Crippen molar-refractivity contribution in [3.8, 4) is 0 Å². The summed E-state index contributed by atoms with van der Waals surface area (Å²) in [4.78, 5) is 11.9. The Morgan fingerprint density at radius 3 is 2.50 bits per heavy atom. The second-order valence-corrected chi connectivity index (χ2v) is 5.37. The van der Waals surface area contributed by atoms with E-state index >= 15 is 0 Å². The molecule has 0 saturated heterocycles. The van der Waals surface area contributed by atoms with Gasteiger partial charge in [0.2, 0.25) is 5.91 Å². The van der Waals surface area contributed by atoms with Crippen molar-refractivity contribution in [3.05, 3.63) is 0 Å². The Morgan fingerprint density at radius 1 is 1.28 bits per heavy atom. The topological polar surface area (TPSA) is 50.4 Å². The zero-order valence-electron chi connectivity index (χ0n) is 12.6. The molecule has 0 saturated carbocycles. The first-order chi connectivity index (χ1) is 8.43. The average Bonchev–Trinajstić information content (AvgIpc) is 2.32. The van der Waals surface area contributed by atoms with Crippen LogP contribution in [0, 0.1) is 0 Å². The average molecular weight is 258 g/mol. The minimum Gasteiger partial charge on any atom is -0.381 e. The lowest BCUT2D eigenvalue weighted by Gasteiger charge is -2.26. The molecule has 0 aromatic carbocycles. The monoisotopic (exact) mass is 258 g/mol. The van der Waals surface area contributed by atoms with E-state index in [9.17, 15) is 4.79 Å². The van der Waals surface area contributed by atoms with Crippen molar-refractivity contribution in [2.75, 3.05) is 19.8 Å². The molecule has 4 nitrogen and oxygen atoms in total. The molecular weight excluding hydrogens is 228 g/mol. The Bertz CT molecular complexity index is 230. The first-order valence-electron chi connectivity index (χ1n) is 7.06. The van der Waals surface area contributed by atoms with Gasteiger partial charge in [0, 0.05) is 18.8 Å². The maximum Gasteiger partial charge on any atom is 0.237 e. The molecule has 0 aliphatic rings. The minimum atomic E-state index is -0.151. The van der Waals surface area contributed by atoms with Gasteiger partial charge >= 0.3 is 0 Å². The van der Waals surface area contributed by atoms with E-state index in [1.807, 2.05) is 20.8 Å². The summed E-state index contributed by atoms with van der Waals surface area (Å²) in [5.41, 5.74) is -0.128. The standard InChI is InChI=1S/C14H30N2O2/c1-6-10-18-11-8-9-15-12(3)13(17)16-14(4,5)7-2/h12,15H,6-11H2,1-5H3,(H,16,17). The molecule has 0 aromatic rings. The molecule has 108 valence electrons. The van der Waals surface area contributed by atoms with Crippen molar-refractivity contribution in [1.29, 1.82) is 0 Å². The van der Waals surface area contributed by atoms with Gasteiger partial charge < -0.3 is 15.4 Å². The van der Waals surface area contributed by atoms with Crippen molar-refractivity contribution in [1.82, 2.24) is 10.6 Å². The predicted octanol–water partition coefficient (Wildman–Crippen LogP) is 2.09. The van der Waals surface area contributed by atoms with Crippen molar-refractivity contribution in [2.24, 2.45) is 0 Å². The van der Waals surface area contributed by atoms with Gasteiger partial charge in [-0.3, -0.25) is 4.79 Å². The van der Waals surface area contributed by atoms with E-state index in [0.717, 1.165) is 39.0 Å². The molecule has 0 aromatic heterocycles. The molecule has 1 atom stereocenters. The Hall–Kier alpha value is -0.610. The van der Waals surface area contributed by atoms with Gasteiger partial charge in [-0.2, -0.15) is 0 Å². The highest BCUT2D eigenvalue weighted by molar-refractivity contribution is 5.81. The summed E-state index contributed by atoms with van der Waals surface area (Å²) in [5, 5.41) is 6.25. The molecule has 0 fully saturated rings. The predicted molar refractivity (Wildman–Crippen MR) is 75.7 cm³/mol. The maximum absolute atomic E-state index is 11.9. The van der Waals surface area contributed by atoms with E-state index in [-0.39, 0.29) is 17.5 Å². The van der Waals surface area contributed by atoms with Crippen LogP contribution >= 0.6 is 0 Å². The van der Waals surface area contributed by atoms with Crippen LogP contribution in [-0.2, 0) is 9.53 Å². The Balaban J connectivity index is 3.68. The molecule has 0 heterocycles.